The van der Waals surface area contributed by atoms with Gasteiger partial charge in [-0.05, 0) is 28.8 Å². The number of carbonyl (C=O) groups is 2. The van der Waals surface area contributed by atoms with Crippen LogP contribution in [0.5, 0.6) is 0 Å². The molecule has 2 N–H and O–H groups in total. The minimum Gasteiger partial charge on any atom is -0.363 e. The molecule has 0 saturated carbocycles. The van der Waals surface area contributed by atoms with Crippen LogP contribution in [-0.4, -0.2) is 29.6 Å². The van der Waals surface area contributed by atoms with Crippen molar-refractivity contribution in [2.24, 2.45) is 5.73 Å². The van der Waals surface area contributed by atoms with Gasteiger partial charge in [-0.25, -0.2) is 0 Å². The minimum absolute atomic E-state index is 0.346. The van der Waals surface area contributed by atoms with Crippen LogP contribution in [0.15, 0.2) is 0 Å². The van der Waals surface area contributed by atoms with Crippen molar-refractivity contribution >= 4 is 27.6 Å². The molecule has 0 aliphatic carbocycles. The van der Waals surface area contributed by atoms with E-state index in [4.69, 9.17) is 15.2 Å². The van der Waals surface area contributed by atoms with Crippen molar-refractivity contribution in [3.05, 3.63) is 0 Å². The van der Waals surface area contributed by atoms with Crippen LogP contribution in [0.3, 0.4) is 0 Å². The SMILES string of the molecule is CCCCCCOC(Br)(OCCCCCC)C(=O)C(N)=O. The summed E-state index contributed by atoms with van der Waals surface area (Å²) in [6, 6.07) is 0. The standard InChI is InChI=1S/C15H28BrNO4/c1-3-5-7-9-11-20-15(16,13(18)14(17)19)21-12-10-8-6-4-2/h3-12H2,1-2H3,(H2,17,19). The summed E-state index contributed by atoms with van der Waals surface area (Å²) in [5.41, 5.74) is 5.05. The van der Waals surface area contributed by atoms with E-state index in [1.807, 2.05) is 0 Å². The third-order valence-corrected chi connectivity index (χ3v) is 3.88. The molecule has 1 amide bonds. The van der Waals surface area contributed by atoms with Crippen LogP contribution in [0.25, 0.3) is 0 Å². The lowest BCUT2D eigenvalue weighted by Gasteiger charge is -2.25. The lowest BCUT2D eigenvalue weighted by atomic mass is 10.2. The van der Waals surface area contributed by atoms with E-state index in [2.05, 4.69) is 29.8 Å². The Morgan fingerprint density at radius 2 is 1.33 bits per heavy atom. The fourth-order valence-electron chi connectivity index (χ4n) is 1.78. The molecule has 0 bridgehead atoms. The summed E-state index contributed by atoms with van der Waals surface area (Å²) in [6.45, 7) is 4.93. The largest absolute Gasteiger partial charge is 0.363 e. The second kappa shape index (κ2) is 12.1. The topological polar surface area (TPSA) is 78.6 Å². The average molecular weight is 366 g/mol. The van der Waals surface area contributed by atoms with E-state index in [-0.39, 0.29) is 0 Å². The van der Waals surface area contributed by atoms with Gasteiger partial charge in [-0.1, -0.05) is 52.4 Å². The molecule has 0 fully saturated rings. The molecule has 0 aliphatic heterocycles. The Kier molecular flexibility index (Phi) is 11.9. The number of primary amides is 1. The number of hydrogen-bond donors (Lipinski definition) is 1. The third kappa shape index (κ3) is 9.22. The molecule has 5 nitrogen and oxygen atoms in total. The van der Waals surface area contributed by atoms with E-state index in [0.29, 0.717) is 13.2 Å². The number of hydrogen-bond acceptors (Lipinski definition) is 4. The number of carbonyl (C=O) groups excluding carboxylic acids is 2. The van der Waals surface area contributed by atoms with Crippen molar-refractivity contribution in [2.45, 2.75) is 69.9 Å². The van der Waals surface area contributed by atoms with Gasteiger partial charge < -0.3 is 15.2 Å². The quantitative estimate of drug-likeness (QED) is 0.221. The Balaban J connectivity index is 4.28. The van der Waals surface area contributed by atoms with Crippen molar-refractivity contribution in [1.82, 2.24) is 0 Å². The van der Waals surface area contributed by atoms with Gasteiger partial charge in [-0.15, -0.1) is 0 Å². The van der Waals surface area contributed by atoms with Gasteiger partial charge in [-0.3, -0.25) is 9.59 Å². The molecule has 0 aromatic carbocycles. The number of Topliss-reactive ketones (excluding diaryl/α,β-unsaturated/α-hetero) is 1. The van der Waals surface area contributed by atoms with Gasteiger partial charge in [0.05, 0.1) is 13.2 Å². The first-order chi connectivity index (χ1) is 9.98. The van der Waals surface area contributed by atoms with Crippen LogP contribution in [0.4, 0.5) is 0 Å². The zero-order valence-corrected chi connectivity index (χ0v) is 14.7. The van der Waals surface area contributed by atoms with E-state index in [9.17, 15) is 9.59 Å². The molecule has 0 heterocycles. The third-order valence-electron chi connectivity index (χ3n) is 3.07. The molecule has 6 heteroatoms. The number of ether oxygens (including phenoxy) is 2. The molecule has 0 atom stereocenters. The Hall–Kier alpha value is -0.460. The first-order valence-corrected chi connectivity index (χ1v) is 8.58. The molecule has 0 radical (unpaired) electrons. The van der Waals surface area contributed by atoms with Crippen LogP contribution >= 0.6 is 15.9 Å². The number of rotatable bonds is 14. The van der Waals surface area contributed by atoms with Crippen LogP contribution in [0.1, 0.15) is 65.2 Å². The molecule has 124 valence electrons. The minimum atomic E-state index is -1.72. The average Bonchev–Trinajstić information content (AvgIpc) is 2.46. The van der Waals surface area contributed by atoms with Crippen LogP contribution < -0.4 is 5.73 Å². The number of halogens is 1. The maximum atomic E-state index is 11.8. The van der Waals surface area contributed by atoms with Crippen molar-refractivity contribution in [3.63, 3.8) is 0 Å². The zero-order valence-electron chi connectivity index (χ0n) is 13.2. The summed E-state index contributed by atoms with van der Waals surface area (Å²) in [4.78, 5) is 22.9. The second-order valence-corrected chi connectivity index (χ2v) is 6.09. The van der Waals surface area contributed by atoms with E-state index in [1.165, 1.54) is 0 Å². The highest BCUT2D eigenvalue weighted by Crippen LogP contribution is 2.24. The lowest BCUT2D eigenvalue weighted by Crippen LogP contribution is -2.46. The number of amides is 1. The first kappa shape index (κ1) is 20.5. The van der Waals surface area contributed by atoms with Gasteiger partial charge in [0, 0.05) is 0 Å². The number of nitrogens with two attached hydrogens (primary N) is 1. The number of ketones is 1. The highest BCUT2D eigenvalue weighted by atomic mass is 79.9. The van der Waals surface area contributed by atoms with E-state index >= 15 is 0 Å². The molecular weight excluding hydrogens is 338 g/mol. The van der Waals surface area contributed by atoms with E-state index < -0.39 is 16.4 Å². The molecule has 0 saturated heterocycles. The maximum Gasteiger partial charge on any atom is 0.298 e. The summed E-state index contributed by atoms with van der Waals surface area (Å²) in [7, 11) is 0. The highest BCUT2D eigenvalue weighted by molar-refractivity contribution is 9.10. The van der Waals surface area contributed by atoms with E-state index in [0.717, 1.165) is 51.4 Å². The molecule has 0 aromatic rings. The monoisotopic (exact) mass is 365 g/mol. The molecular formula is C15H28BrNO4. The Morgan fingerprint density at radius 1 is 0.905 bits per heavy atom. The molecule has 0 unspecified atom stereocenters. The van der Waals surface area contributed by atoms with E-state index in [1.54, 1.807) is 0 Å². The summed E-state index contributed by atoms with van der Waals surface area (Å²) >= 11 is 3.10. The summed E-state index contributed by atoms with van der Waals surface area (Å²) < 4.78 is 9.17. The van der Waals surface area contributed by atoms with Crippen molar-refractivity contribution in [1.29, 1.82) is 0 Å². The van der Waals surface area contributed by atoms with Crippen LogP contribution in [0, 0.1) is 0 Å². The first-order valence-electron chi connectivity index (χ1n) is 7.79. The predicted molar refractivity (Wildman–Crippen MR) is 86.0 cm³/mol. The molecule has 0 aliphatic rings. The smallest absolute Gasteiger partial charge is 0.298 e. The van der Waals surface area contributed by atoms with Crippen molar-refractivity contribution in [2.75, 3.05) is 13.2 Å². The van der Waals surface area contributed by atoms with Gasteiger partial charge in [0.25, 0.3) is 16.4 Å². The summed E-state index contributed by atoms with van der Waals surface area (Å²) in [5.74, 6) is -1.96. The zero-order chi connectivity index (χ0) is 16.1. The van der Waals surface area contributed by atoms with Gasteiger partial charge in [-0.2, -0.15) is 0 Å². The maximum absolute atomic E-state index is 11.8. The van der Waals surface area contributed by atoms with Crippen molar-refractivity contribution < 1.29 is 19.1 Å². The molecule has 0 aromatic heterocycles. The van der Waals surface area contributed by atoms with Gasteiger partial charge >= 0.3 is 0 Å². The molecule has 0 rings (SSSR count). The molecule has 0 spiro atoms. The highest BCUT2D eigenvalue weighted by Gasteiger charge is 2.41. The van der Waals surface area contributed by atoms with Crippen molar-refractivity contribution in [3.8, 4) is 0 Å². The predicted octanol–water partition coefficient (Wildman–Crippen LogP) is 3.28. The normalized spacial score (nSPS) is 11.6. The van der Waals surface area contributed by atoms with Gasteiger partial charge in [0.2, 0.25) is 0 Å². The van der Waals surface area contributed by atoms with Gasteiger partial charge in [0.15, 0.2) is 0 Å². The van der Waals surface area contributed by atoms with Crippen LogP contribution in [-0.2, 0) is 19.1 Å². The summed E-state index contributed by atoms with van der Waals surface area (Å²) in [5, 5.41) is 0. The van der Waals surface area contributed by atoms with Crippen LogP contribution in [0.2, 0.25) is 0 Å². The van der Waals surface area contributed by atoms with Gasteiger partial charge in [0.1, 0.15) is 0 Å². The Bertz CT molecular complexity index is 296. The fourth-order valence-corrected chi connectivity index (χ4v) is 2.30. The number of unbranched alkanes of at least 4 members (excludes halogenated alkanes) is 6. The lowest BCUT2D eigenvalue weighted by molar-refractivity contribution is -0.184. The fraction of sp³-hybridized carbons (Fsp3) is 0.867. The second-order valence-electron chi connectivity index (χ2n) is 5.05. The Labute approximate surface area is 136 Å². The Morgan fingerprint density at radius 3 is 1.67 bits per heavy atom. The summed E-state index contributed by atoms with van der Waals surface area (Å²) in [6.07, 6.45) is 8.11. The molecule has 21 heavy (non-hydrogen) atoms. The number of alkyl halides is 1.